The number of benzene rings is 1. The van der Waals surface area contributed by atoms with Gasteiger partial charge in [0.2, 0.25) is 6.54 Å². The molecule has 7 nitrogen and oxygen atoms in total. The van der Waals surface area contributed by atoms with Gasteiger partial charge in [-0.3, -0.25) is 19.7 Å². The number of nitrogens with zero attached hydrogens (tertiary/aromatic N) is 1. The van der Waals surface area contributed by atoms with Crippen LogP contribution in [0.1, 0.15) is 36.8 Å². The molecule has 23 heavy (non-hydrogen) atoms. The number of rotatable bonds is 7. The molecular weight excluding hydrogens is 302 g/mol. The summed E-state index contributed by atoms with van der Waals surface area (Å²) in [5.74, 6) is -3.73. The first kappa shape index (κ1) is 18.6. The molecule has 126 valence electrons. The zero-order chi connectivity index (χ0) is 17.6. The molecule has 1 atom stereocenters. The molecule has 1 unspecified atom stereocenters. The van der Waals surface area contributed by atoms with Crippen LogP contribution >= 0.6 is 0 Å². The molecule has 7 heteroatoms. The van der Waals surface area contributed by atoms with Crippen molar-refractivity contribution in [3.05, 3.63) is 45.5 Å². The molecule has 0 fully saturated rings. The Balaban J connectivity index is 3.27. The van der Waals surface area contributed by atoms with Gasteiger partial charge in [0.15, 0.2) is 5.92 Å². The highest BCUT2D eigenvalue weighted by molar-refractivity contribution is 5.96. The third kappa shape index (κ3) is 4.77. The highest BCUT2D eigenvalue weighted by atomic mass is 16.6. The summed E-state index contributed by atoms with van der Waals surface area (Å²) < 4.78 is 9.24. The summed E-state index contributed by atoms with van der Waals surface area (Å²) >= 11 is 0. The summed E-state index contributed by atoms with van der Waals surface area (Å²) in [4.78, 5) is 34.3. The lowest BCUT2D eigenvalue weighted by atomic mass is 9.85. The minimum Gasteiger partial charge on any atom is -0.468 e. The zero-order valence-electron chi connectivity index (χ0n) is 13.6. The van der Waals surface area contributed by atoms with Crippen molar-refractivity contribution in [1.82, 2.24) is 0 Å². The van der Waals surface area contributed by atoms with Crippen LogP contribution in [0.3, 0.4) is 0 Å². The maximum atomic E-state index is 11.9. The van der Waals surface area contributed by atoms with Gasteiger partial charge in [-0.15, -0.1) is 0 Å². The van der Waals surface area contributed by atoms with E-state index in [2.05, 4.69) is 9.47 Å². The molecule has 0 heterocycles. The Morgan fingerprint density at radius 2 is 1.48 bits per heavy atom. The first-order valence-corrected chi connectivity index (χ1v) is 7.19. The van der Waals surface area contributed by atoms with Gasteiger partial charge in [0, 0.05) is 4.92 Å². The van der Waals surface area contributed by atoms with Crippen LogP contribution in [-0.4, -0.2) is 37.6 Å². The van der Waals surface area contributed by atoms with Gasteiger partial charge >= 0.3 is 11.9 Å². The molecular formula is C16H21NO6. The maximum Gasteiger partial charge on any atom is 0.320 e. The average molecular weight is 323 g/mol. The van der Waals surface area contributed by atoms with E-state index in [1.54, 1.807) is 12.1 Å². The molecule has 0 amide bonds. The molecule has 0 aliphatic rings. The van der Waals surface area contributed by atoms with Gasteiger partial charge in [0.05, 0.1) is 20.1 Å². The Kier molecular flexibility index (Phi) is 6.68. The first-order valence-electron chi connectivity index (χ1n) is 7.19. The second-order valence-corrected chi connectivity index (χ2v) is 5.47. The molecule has 0 saturated heterocycles. The average Bonchev–Trinajstić information content (AvgIpc) is 2.53. The maximum absolute atomic E-state index is 11.9. The molecule has 0 radical (unpaired) electrons. The van der Waals surface area contributed by atoms with E-state index < -0.39 is 35.2 Å². The topological polar surface area (TPSA) is 95.7 Å². The Hall–Kier alpha value is -2.44. The Bertz CT molecular complexity index is 550. The molecule has 1 aromatic rings. The van der Waals surface area contributed by atoms with Crippen molar-refractivity contribution < 1.29 is 24.0 Å². The van der Waals surface area contributed by atoms with E-state index >= 15 is 0 Å². The van der Waals surface area contributed by atoms with E-state index in [4.69, 9.17) is 0 Å². The van der Waals surface area contributed by atoms with Gasteiger partial charge in [-0.1, -0.05) is 38.1 Å². The fourth-order valence-electron chi connectivity index (χ4n) is 2.37. The summed E-state index contributed by atoms with van der Waals surface area (Å²) in [5, 5.41) is 11.0. The first-order chi connectivity index (χ1) is 10.8. The number of hydrogen-bond donors (Lipinski definition) is 0. The van der Waals surface area contributed by atoms with Crippen molar-refractivity contribution >= 4 is 11.9 Å². The van der Waals surface area contributed by atoms with Crippen LogP contribution < -0.4 is 0 Å². The molecule has 0 aromatic heterocycles. The van der Waals surface area contributed by atoms with Crippen molar-refractivity contribution in [1.29, 1.82) is 0 Å². The second-order valence-electron chi connectivity index (χ2n) is 5.47. The summed E-state index contributed by atoms with van der Waals surface area (Å²) in [7, 11) is 2.26. The third-order valence-corrected chi connectivity index (χ3v) is 3.69. The number of carbonyl (C=O) groups is 2. The molecule has 1 rings (SSSR count). The SMILES string of the molecule is COC(=O)C(C(=O)OC)C(C[N+](=O)[O-])c1ccc(C(C)C)cc1. The van der Waals surface area contributed by atoms with Crippen molar-refractivity contribution in [3.63, 3.8) is 0 Å². The largest absolute Gasteiger partial charge is 0.468 e. The highest BCUT2D eigenvalue weighted by Crippen LogP contribution is 2.29. The van der Waals surface area contributed by atoms with E-state index in [9.17, 15) is 19.7 Å². The molecule has 0 saturated carbocycles. The fourth-order valence-corrected chi connectivity index (χ4v) is 2.37. The van der Waals surface area contributed by atoms with E-state index in [0.717, 1.165) is 19.8 Å². The van der Waals surface area contributed by atoms with Gasteiger partial charge in [-0.25, -0.2) is 0 Å². The van der Waals surface area contributed by atoms with E-state index in [-0.39, 0.29) is 0 Å². The van der Waals surface area contributed by atoms with Crippen LogP contribution in [0.5, 0.6) is 0 Å². The number of esters is 2. The molecule has 0 aliphatic heterocycles. The third-order valence-electron chi connectivity index (χ3n) is 3.69. The highest BCUT2D eigenvalue weighted by Gasteiger charge is 2.40. The lowest BCUT2D eigenvalue weighted by Crippen LogP contribution is -2.35. The fraction of sp³-hybridized carbons (Fsp3) is 0.500. The van der Waals surface area contributed by atoms with E-state index in [1.807, 2.05) is 26.0 Å². The number of carbonyl (C=O) groups excluding carboxylic acids is 2. The van der Waals surface area contributed by atoms with Crippen molar-refractivity contribution in [2.75, 3.05) is 20.8 Å². The second kappa shape index (κ2) is 8.26. The number of ether oxygens (including phenoxy) is 2. The summed E-state index contributed by atoms with van der Waals surface area (Å²) in [5.41, 5.74) is 1.58. The van der Waals surface area contributed by atoms with Crippen LogP contribution in [0, 0.1) is 16.0 Å². The molecule has 0 spiro atoms. The number of nitro groups is 1. The molecule has 0 aliphatic carbocycles. The molecule has 0 bridgehead atoms. The standard InChI is InChI=1S/C16H21NO6/c1-10(2)11-5-7-12(8-6-11)13(9-17(20)21)14(15(18)22-3)16(19)23-4/h5-8,10,13-14H,9H2,1-4H3. The monoisotopic (exact) mass is 323 g/mol. The lowest BCUT2D eigenvalue weighted by molar-refractivity contribution is -0.484. The Morgan fingerprint density at radius 1 is 1.04 bits per heavy atom. The van der Waals surface area contributed by atoms with Crippen molar-refractivity contribution in [2.24, 2.45) is 5.92 Å². The smallest absolute Gasteiger partial charge is 0.320 e. The molecule has 1 aromatic carbocycles. The quantitative estimate of drug-likeness (QED) is 0.330. The van der Waals surface area contributed by atoms with Crippen LogP contribution in [0.15, 0.2) is 24.3 Å². The van der Waals surface area contributed by atoms with Gasteiger partial charge in [-0.2, -0.15) is 0 Å². The van der Waals surface area contributed by atoms with Gasteiger partial charge in [-0.05, 0) is 17.0 Å². The van der Waals surface area contributed by atoms with Crippen molar-refractivity contribution in [2.45, 2.75) is 25.7 Å². The van der Waals surface area contributed by atoms with Gasteiger partial charge in [0.25, 0.3) is 0 Å². The Labute approximate surface area is 134 Å². The summed E-state index contributed by atoms with van der Waals surface area (Å²) in [6.07, 6.45) is 0. The van der Waals surface area contributed by atoms with Gasteiger partial charge in [0.1, 0.15) is 0 Å². The number of hydrogen-bond acceptors (Lipinski definition) is 6. The predicted molar refractivity (Wildman–Crippen MR) is 82.7 cm³/mol. The van der Waals surface area contributed by atoms with Crippen LogP contribution in [0.2, 0.25) is 0 Å². The zero-order valence-corrected chi connectivity index (χ0v) is 13.6. The van der Waals surface area contributed by atoms with Gasteiger partial charge < -0.3 is 9.47 Å². The predicted octanol–water partition coefficient (Wildman–Crippen LogP) is 2.13. The van der Waals surface area contributed by atoms with Crippen LogP contribution in [0.4, 0.5) is 0 Å². The van der Waals surface area contributed by atoms with E-state index in [1.165, 1.54) is 0 Å². The minimum absolute atomic E-state index is 0.301. The van der Waals surface area contributed by atoms with Crippen LogP contribution in [-0.2, 0) is 19.1 Å². The minimum atomic E-state index is -1.37. The molecule has 0 N–H and O–H groups in total. The van der Waals surface area contributed by atoms with E-state index in [0.29, 0.717) is 11.5 Å². The summed E-state index contributed by atoms with van der Waals surface area (Å²) in [6.45, 7) is 3.47. The summed E-state index contributed by atoms with van der Waals surface area (Å²) in [6, 6.07) is 7.06. The Morgan fingerprint density at radius 3 is 1.83 bits per heavy atom. The van der Waals surface area contributed by atoms with Crippen molar-refractivity contribution in [3.8, 4) is 0 Å². The lowest BCUT2D eigenvalue weighted by Gasteiger charge is -2.21. The van der Waals surface area contributed by atoms with Crippen LogP contribution in [0.25, 0.3) is 0 Å². The number of methoxy groups -OCH3 is 2. The normalized spacial score (nSPS) is 12.1.